The molecule has 1 unspecified atom stereocenters. The monoisotopic (exact) mass is 123 g/mol. The molecule has 0 aromatic carbocycles. The fourth-order valence-electron chi connectivity index (χ4n) is 0.690. The third-order valence-electron chi connectivity index (χ3n) is 1.29. The second-order valence-electron chi connectivity index (χ2n) is 2.01. The molecule has 0 aliphatic rings. The average Bonchev–Trinajstić information content (AvgIpc) is 2.37. The predicted octanol–water partition coefficient (Wildman–Crippen LogP) is 1.25. The first kappa shape index (κ1) is 6.08. The molecule has 0 fully saturated rings. The van der Waals surface area contributed by atoms with E-state index in [4.69, 9.17) is 0 Å². The molecule has 0 bridgehead atoms. The van der Waals surface area contributed by atoms with E-state index in [2.05, 4.69) is 0 Å². The zero-order chi connectivity index (χ0) is 6.69. The van der Waals surface area contributed by atoms with Crippen molar-refractivity contribution in [3.05, 3.63) is 24.5 Å². The van der Waals surface area contributed by atoms with Crippen LogP contribution >= 0.6 is 0 Å². The van der Waals surface area contributed by atoms with Crippen LogP contribution < -0.4 is 0 Å². The SMILES string of the molecule is CC(C=O)n1cccc1. The van der Waals surface area contributed by atoms with Crippen LogP contribution in [0.4, 0.5) is 0 Å². The highest BCUT2D eigenvalue weighted by atomic mass is 16.1. The third-order valence-corrected chi connectivity index (χ3v) is 1.29. The van der Waals surface area contributed by atoms with Gasteiger partial charge in [0.05, 0.1) is 6.04 Å². The van der Waals surface area contributed by atoms with E-state index in [1.54, 1.807) is 0 Å². The van der Waals surface area contributed by atoms with Crippen LogP contribution in [-0.2, 0) is 4.79 Å². The maximum absolute atomic E-state index is 10.2. The first-order valence-corrected chi connectivity index (χ1v) is 2.92. The molecule has 2 nitrogen and oxygen atoms in total. The Hall–Kier alpha value is -1.05. The minimum atomic E-state index is -0.0278. The van der Waals surface area contributed by atoms with E-state index in [1.165, 1.54) is 0 Å². The van der Waals surface area contributed by atoms with Gasteiger partial charge in [-0.2, -0.15) is 0 Å². The molecule has 0 saturated carbocycles. The van der Waals surface area contributed by atoms with E-state index < -0.39 is 0 Å². The van der Waals surface area contributed by atoms with Crippen molar-refractivity contribution in [1.29, 1.82) is 0 Å². The van der Waals surface area contributed by atoms with E-state index in [0.717, 1.165) is 6.29 Å². The summed E-state index contributed by atoms with van der Waals surface area (Å²) in [6, 6.07) is 3.78. The smallest absolute Gasteiger partial charge is 0.142 e. The summed E-state index contributed by atoms with van der Waals surface area (Å²) in [6.45, 7) is 1.85. The molecule has 48 valence electrons. The van der Waals surface area contributed by atoms with Crippen LogP contribution in [0.25, 0.3) is 0 Å². The van der Waals surface area contributed by atoms with Gasteiger partial charge in [0, 0.05) is 12.4 Å². The minimum Gasteiger partial charge on any atom is -0.344 e. The number of carbonyl (C=O) groups excluding carboxylic acids is 1. The summed E-state index contributed by atoms with van der Waals surface area (Å²) in [5.41, 5.74) is 0. The van der Waals surface area contributed by atoms with Gasteiger partial charge in [0.1, 0.15) is 6.29 Å². The van der Waals surface area contributed by atoms with E-state index in [0.29, 0.717) is 0 Å². The van der Waals surface area contributed by atoms with Crippen molar-refractivity contribution in [3.63, 3.8) is 0 Å². The number of aromatic nitrogens is 1. The maximum atomic E-state index is 10.2. The molecule has 0 N–H and O–H groups in total. The Morgan fingerprint density at radius 2 is 2.00 bits per heavy atom. The maximum Gasteiger partial charge on any atom is 0.142 e. The zero-order valence-corrected chi connectivity index (χ0v) is 5.32. The van der Waals surface area contributed by atoms with Gasteiger partial charge in [-0.1, -0.05) is 0 Å². The van der Waals surface area contributed by atoms with Gasteiger partial charge in [-0.05, 0) is 19.1 Å². The van der Waals surface area contributed by atoms with Crippen LogP contribution in [0.2, 0.25) is 0 Å². The predicted molar refractivity (Wildman–Crippen MR) is 35.2 cm³/mol. The third kappa shape index (κ3) is 1.19. The van der Waals surface area contributed by atoms with Crippen LogP contribution in [0, 0.1) is 0 Å². The Kier molecular flexibility index (Phi) is 1.68. The molecule has 1 aromatic heterocycles. The highest BCUT2D eigenvalue weighted by Gasteiger charge is 1.96. The van der Waals surface area contributed by atoms with Crippen molar-refractivity contribution in [2.45, 2.75) is 13.0 Å². The van der Waals surface area contributed by atoms with Gasteiger partial charge in [-0.15, -0.1) is 0 Å². The Bertz CT molecular complexity index is 179. The summed E-state index contributed by atoms with van der Waals surface area (Å²) < 4.78 is 1.85. The largest absolute Gasteiger partial charge is 0.344 e. The standard InChI is InChI=1S/C7H9NO/c1-7(6-9)8-4-2-3-5-8/h2-7H,1H3. The molecule has 0 radical (unpaired) electrons. The lowest BCUT2D eigenvalue weighted by Crippen LogP contribution is -2.01. The fourth-order valence-corrected chi connectivity index (χ4v) is 0.690. The highest BCUT2D eigenvalue weighted by Crippen LogP contribution is 2.00. The van der Waals surface area contributed by atoms with E-state index in [-0.39, 0.29) is 6.04 Å². The summed E-state index contributed by atoms with van der Waals surface area (Å²) in [5.74, 6) is 0. The van der Waals surface area contributed by atoms with Gasteiger partial charge in [0.2, 0.25) is 0 Å². The van der Waals surface area contributed by atoms with Gasteiger partial charge in [-0.3, -0.25) is 0 Å². The second-order valence-corrected chi connectivity index (χ2v) is 2.01. The number of hydrogen-bond donors (Lipinski definition) is 0. The van der Waals surface area contributed by atoms with Crippen molar-refractivity contribution in [2.75, 3.05) is 0 Å². The normalized spacial score (nSPS) is 13.0. The van der Waals surface area contributed by atoms with E-state index in [9.17, 15) is 4.79 Å². The van der Waals surface area contributed by atoms with Gasteiger partial charge >= 0.3 is 0 Å². The van der Waals surface area contributed by atoms with Crippen LogP contribution in [0.15, 0.2) is 24.5 Å². The average molecular weight is 123 g/mol. The molecule has 1 heterocycles. The number of aldehydes is 1. The Balaban J connectivity index is 2.76. The van der Waals surface area contributed by atoms with Crippen molar-refractivity contribution < 1.29 is 4.79 Å². The molecule has 0 amide bonds. The lowest BCUT2D eigenvalue weighted by atomic mass is 10.4. The summed E-state index contributed by atoms with van der Waals surface area (Å²) in [4.78, 5) is 10.2. The first-order chi connectivity index (χ1) is 4.34. The fraction of sp³-hybridized carbons (Fsp3) is 0.286. The molecule has 0 spiro atoms. The van der Waals surface area contributed by atoms with Crippen molar-refractivity contribution >= 4 is 6.29 Å². The number of nitrogens with zero attached hydrogens (tertiary/aromatic N) is 1. The van der Waals surface area contributed by atoms with Crippen LogP contribution in [0.5, 0.6) is 0 Å². The highest BCUT2D eigenvalue weighted by molar-refractivity contribution is 5.54. The number of carbonyl (C=O) groups is 1. The summed E-state index contributed by atoms with van der Waals surface area (Å²) >= 11 is 0. The quantitative estimate of drug-likeness (QED) is 0.542. The molecule has 1 atom stereocenters. The van der Waals surface area contributed by atoms with Gasteiger partial charge < -0.3 is 9.36 Å². The van der Waals surface area contributed by atoms with Crippen LogP contribution in [-0.4, -0.2) is 10.9 Å². The molecule has 0 aliphatic carbocycles. The van der Waals surface area contributed by atoms with Crippen molar-refractivity contribution in [1.82, 2.24) is 4.57 Å². The lowest BCUT2D eigenvalue weighted by molar-refractivity contribution is -0.110. The Morgan fingerprint density at radius 1 is 1.44 bits per heavy atom. The summed E-state index contributed by atoms with van der Waals surface area (Å²) in [6.07, 6.45) is 4.66. The molecule has 2 heteroatoms. The number of rotatable bonds is 2. The molecule has 0 saturated heterocycles. The van der Waals surface area contributed by atoms with E-state index in [1.807, 2.05) is 36.0 Å². The molecular formula is C7H9NO. The van der Waals surface area contributed by atoms with Crippen molar-refractivity contribution in [2.24, 2.45) is 0 Å². The van der Waals surface area contributed by atoms with Crippen molar-refractivity contribution in [3.8, 4) is 0 Å². The Labute approximate surface area is 54.1 Å². The van der Waals surface area contributed by atoms with Gasteiger partial charge in [-0.25, -0.2) is 0 Å². The molecule has 9 heavy (non-hydrogen) atoms. The molecule has 1 aromatic rings. The summed E-state index contributed by atoms with van der Waals surface area (Å²) in [7, 11) is 0. The summed E-state index contributed by atoms with van der Waals surface area (Å²) in [5, 5.41) is 0. The molecule has 1 rings (SSSR count). The molecular weight excluding hydrogens is 114 g/mol. The molecule has 0 aliphatic heterocycles. The first-order valence-electron chi connectivity index (χ1n) is 2.92. The second kappa shape index (κ2) is 2.49. The zero-order valence-electron chi connectivity index (χ0n) is 5.32. The lowest BCUT2D eigenvalue weighted by Gasteiger charge is -2.02. The minimum absolute atomic E-state index is 0.0278. The topological polar surface area (TPSA) is 22.0 Å². The van der Waals surface area contributed by atoms with Crippen LogP contribution in [0.3, 0.4) is 0 Å². The van der Waals surface area contributed by atoms with E-state index >= 15 is 0 Å². The van der Waals surface area contributed by atoms with Gasteiger partial charge in [0.15, 0.2) is 0 Å². The Morgan fingerprint density at radius 3 is 2.44 bits per heavy atom. The van der Waals surface area contributed by atoms with Gasteiger partial charge in [0.25, 0.3) is 0 Å². The number of hydrogen-bond acceptors (Lipinski definition) is 1. The van der Waals surface area contributed by atoms with Crippen LogP contribution in [0.1, 0.15) is 13.0 Å².